The Morgan fingerprint density at radius 1 is 0.907 bits per heavy atom. The number of halogens is 2. The topological polar surface area (TPSA) is 111 Å². The highest BCUT2D eigenvalue weighted by Gasteiger charge is 2.29. The molecule has 0 radical (unpaired) electrons. The van der Waals surface area contributed by atoms with E-state index < -0.39 is 22.0 Å². The summed E-state index contributed by atoms with van der Waals surface area (Å²) in [5.74, 6) is -0.600. The van der Waals surface area contributed by atoms with E-state index in [4.69, 9.17) is 27.9 Å². The van der Waals surface area contributed by atoms with Crippen LogP contribution in [-0.2, 0) is 21.3 Å². The van der Waals surface area contributed by atoms with Gasteiger partial charge in [0.2, 0.25) is 10.0 Å². The van der Waals surface area contributed by atoms with Gasteiger partial charge >= 0.3 is 5.97 Å². The number of ether oxygens (including phenoxy) is 1. The van der Waals surface area contributed by atoms with E-state index >= 15 is 0 Å². The summed E-state index contributed by atoms with van der Waals surface area (Å²) in [7, 11) is -3.89. The summed E-state index contributed by atoms with van der Waals surface area (Å²) < 4.78 is 34.4. The minimum atomic E-state index is -3.89. The molecular formula is C31H26Cl2N4O5S. The SMILES string of the molecule is CS(=O)(=O)N(c1ccc(-c2ccc(Cl)c(Cl)c2)cc1)C(CCn1nnc2ccccc2c1=O)COC(=O)c1ccccc1. The van der Waals surface area contributed by atoms with Crippen molar-refractivity contribution in [1.29, 1.82) is 0 Å². The second kappa shape index (κ2) is 12.9. The summed E-state index contributed by atoms with van der Waals surface area (Å²) in [6.07, 6.45) is 1.17. The van der Waals surface area contributed by atoms with E-state index in [2.05, 4.69) is 10.3 Å². The van der Waals surface area contributed by atoms with Gasteiger partial charge in [0.25, 0.3) is 5.56 Å². The summed E-state index contributed by atoms with van der Waals surface area (Å²) in [4.78, 5) is 25.9. The molecule has 5 rings (SSSR count). The maximum absolute atomic E-state index is 13.2. The molecule has 9 nitrogen and oxygen atoms in total. The molecule has 0 aliphatic carbocycles. The third-order valence-electron chi connectivity index (χ3n) is 6.78. The van der Waals surface area contributed by atoms with Gasteiger partial charge in [-0.2, -0.15) is 0 Å². The van der Waals surface area contributed by atoms with Crippen LogP contribution in [0.5, 0.6) is 0 Å². The van der Waals surface area contributed by atoms with Crippen molar-refractivity contribution >= 4 is 55.8 Å². The van der Waals surface area contributed by atoms with Crippen LogP contribution in [0.2, 0.25) is 10.0 Å². The first kappa shape index (κ1) is 30.2. The average molecular weight is 638 g/mol. The number of aryl methyl sites for hydroxylation is 1. The molecule has 1 unspecified atom stereocenters. The lowest BCUT2D eigenvalue weighted by atomic mass is 10.1. The number of nitrogens with zero attached hydrogens (tertiary/aromatic N) is 4. The lowest BCUT2D eigenvalue weighted by Gasteiger charge is -2.31. The van der Waals surface area contributed by atoms with Crippen LogP contribution < -0.4 is 9.86 Å². The molecular weight excluding hydrogens is 611 g/mol. The lowest BCUT2D eigenvalue weighted by Crippen LogP contribution is -2.44. The number of carbonyl (C=O) groups excluding carboxylic acids is 1. The Morgan fingerprint density at radius 2 is 1.58 bits per heavy atom. The molecule has 0 N–H and O–H groups in total. The molecule has 0 bridgehead atoms. The number of benzene rings is 4. The highest BCUT2D eigenvalue weighted by atomic mass is 35.5. The fourth-order valence-corrected chi connectivity index (χ4v) is 6.20. The van der Waals surface area contributed by atoms with Crippen LogP contribution in [0.25, 0.3) is 22.0 Å². The van der Waals surface area contributed by atoms with Crippen LogP contribution >= 0.6 is 23.2 Å². The van der Waals surface area contributed by atoms with Crippen molar-refractivity contribution in [2.24, 2.45) is 0 Å². The Labute approximate surface area is 258 Å². The molecule has 220 valence electrons. The maximum Gasteiger partial charge on any atom is 0.338 e. The summed E-state index contributed by atoms with van der Waals surface area (Å²) in [5, 5.41) is 9.36. The smallest absolute Gasteiger partial charge is 0.338 e. The molecule has 0 aliphatic rings. The summed E-state index contributed by atoms with van der Waals surface area (Å²) in [6.45, 7) is -0.247. The van der Waals surface area contributed by atoms with Gasteiger partial charge in [-0.15, -0.1) is 5.10 Å². The van der Waals surface area contributed by atoms with Crippen LogP contribution in [0.15, 0.2) is 102 Å². The maximum atomic E-state index is 13.2. The van der Waals surface area contributed by atoms with Gasteiger partial charge in [-0.3, -0.25) is 9.10 Å². The third kappa shape index (κ3) is 7.05. The quantitative estimate of drug-likeness (QED) is 0.177. The highest BCUT2D eigenvalue weighted by Crippen LogP contribution is 2.31. The fraction of sp³-hybridized carbons (Fsp3) is 0.161. The zero-order valence-corrected chi connectivity index (χ0v) is 25.3. The summed E-state index contributed by atoms with van der Waals surface area (Å²) in [5.41, 5.74) is 2.37. The molecule has 0 fully saturated rings. The largest absolute Gasteiger partial charge is 0.460 e. The van der Waals surface area contributed by atoms with E-state index in [1.54, 1.807) is 91.0 Å². The Morgan fingerprint density at radius 3 is 2.28 bits per heavy atom. The van der Waals surface area contributed by atoms with Gasteiger partial charge in [0.15, 0.2) is 0 Å². The number of hydrogen-bond acceptors (Lipinski definition) is 7. The number of hydrogen-bond donors (Lipinski definition) is 0. The molecule has 1 heterocycles. The Bertz CT molecular complexity index is 1930. The first-order valence-corrected chi connectivity index (χ1v) is 15.8. The number of fused-ring (bicyclic) bond motifs is 1. The predicted molar refractivity (Wildman–Crippen MR) is 168 cm³/mol. The number of esters is 1. The van der Waals surface area contributed by atoms with Gasteiger partial charge in [-0.1, -0.05) is 76.9 Å². The monoisotopic (exact) mass is 636 g/mol. The molecule has 1 aromatic heterocycles. The van der Waals surface area contributed by atoms with E-state index in [0.717, 1.165) is 17.4 Å². The van der Waals surface area contributed by atoms with Crippen molar-refractivity contribution in [3.8, 4) is 11.1 Å². The first-order chi connectivity index (χ1) is 20.6. The second-order valence-corrected chi connectivity index (χ2v) is 12.5. The van der Waals surface area contributed by atoms with Crippen LogP contribution in [0.4, 0.5) is 5.69 Å². The van der Waals surface area contributed by atoms with Gasteiger partial charge in [-0.05, 0) is 66.1 Å². The minimum absolute atomic E-state index is 0.0254. The molecule has 43 heavy (non-hydrogen) atoms. The first-order valence-electron chi connectivity index (χ1n) is 13.2. The van der Waals surface area contributed by atoms with Gasteiger partial charge in [-0.25, -0.2) is 17.9 Å². The molecule has 0 saturated carbocycles. The van der Waals surface area contributed by atoms with Crippen molar-refractivity contribution in [1.82, 2.24) is 15.0 Å². The molecule has 4 aromatic carbocycles. The number of aromatic nitrogens is 3. The molecule has 0 amide bonds. The van der Waals surface area contributed by atoms with Crippen molar-refractivity contribution in [3.63, 3.8) is 0 Å². The van der Waals surface area contributed by atoms with E-state index in [1.807, 2.05) is 6.07 Å². The Hall–Kier alpha value is -4.25. The van der Waals surface area contributed by atoms with Crippen molar-refractivity contribution in [2.45, 2.75) is 19.0 Å². The van der Waals surface area contributed by atoms with Crippen LogP contribution in [-0.4, -0.2) is 48.3 Å². The molecule has 0 spiro atoms. The van der Waals surface area contributed by atoms with Gasteiger partial charge in [0, 0.05) is 6.54 Å². The molecule has 5 aromatic rings. The average Bonchev–Trinajstić information content (AvgIpc) is 3.00. The Balaban J connectivity index is 1.47. The van der Waals surface area contributed by atoms with E-state index in [9.17, 15) is 18.0 Å². The van der Waals surface area contributed by atoms with Gasteiger partial charge in [0.05, 0.1) is 39.0 Å². The number of carbonyl (C=O) groups is 1. The van der Waals surface area contributed by atoms with Crippen LogP contribution in [0.3, 0.4) is 0 Å². The normalized spacial score (nSPS) is 12.2. The third-order valence-corrected chi connectivity index (χ3v) is 8.75. The number of rotatable bonds is 10. The number of sulfonamides is 1. The standard InChI is InChI=1S/C31H26Cl2N4O5S/c1-43(40,41)37(24-14-11-21(12-15-24)23-13-16-27(32)28(33)19-23)25(20-42-31(39)22-7-3-2-4-8-22)17-18-36-30(38)26-9-5-6-10-29(26)34-35-36/h2-16,19,25H,17-18,20H2,1H3. The number of anilines is 1. The molecule has 0 aliphatic heterocycles. The Kier molecular flexibility index (Phi) is 9.10. The molecule has 0 saturated heterocycles. The van der Waals surface area contributed by atoms with Crippen molar-refractivity contribution in [2.75, 3.05) is 17.2 Å². The predicted octanol–water partition coefficient (Wildman–Crippen LogP) is 5.85. The second-order valence-electron chi connectivity index (χ2n) is 9.78. The zero-order valence-electron chi connectivity index (χ0n) is 22.9. The molecule has 12 heteroatoms. The van der Waals surface area contributed by atoms with Crippen LogP contribution in [0.1, 0.15) is 16.8 Å². The fourth-order valence-electron chi connectivity index (χ4n) is 4.69. The lowest BCUT2D eigenvalue weighted by molar-refractivity contribution is 0.0477. The summed E-state index contributed by atoms with van der Waals surface area (Å²) >= 11 is 12.2. The summed E-state index contributed by atoms with van der Waals surface area (Å²) in [6, 6.07) is 26.4. The van der Waals surface area contributed by atoms with E-state index in [0.29, 0.717) is 32.2 Å². The van der Waals surface area contributed by atoms with Crippen molar-refractivity contribution in [3.05, 3.63) is 123 Å². The van der Waals surface area contributed by atoms with Crippen LogP contribution in [0, 0.1) is 0 Å². The minimum Gasteiger partial charge on any atom is -0.460 e. The van der Waals surface area contributed by atoms with E-state index in [1.165, 1.54) is 8.99 Å². The van der Waals surface area contributed by atoms with Crippen molar-refractivity contribution < 1.29 is 17.9 Å². The zero-order chi connectivity index (χ0) is 30.6. The molecule has 1 atom stereocenters. The highest BCUT2D eigenvalue weighted by molar-refractivity contribution is 7.92. The van der Waals surface area contributed by atoms with E-state index in [-0.39, 0.29) is 25.1 Å². The van der Waals surface area contributed by atoms with Gasteiger partial charge in [0.1, 0.15) is 12.1 Å². The van der Waals surface area contributed by atoms with Gasteiger partial charge < -0.3 is 4.74 Å².